The second-order valence-electron chi connectivity index (χ2n) is 6.76. The molecule has 1 aliphatic heterocycles. The van der Waals surface area contributed by atoms with Crippen molar-refractivity contribution in [3.05, 3.63) is 57.9 Å². The first-order chi connectivity index (χ1) is 13.6. The van der Waals surface area contributed by atoms with Crippen molar-refractivity contribution in [2.75, 3.05) is 18.4 Å². The molecule has 1 aliphatic rings. The molecule has 0 aliphatic carbocycles. The van der Waals surface area contributed by atoms with Crippen LogP contribution in [0.2, 0.25) is 0 Å². The van der Waals surface area contributed by atoms with Crippen molar-refractivity contribution >= 4 is 40.2 Å². The summed E-state index contributed by atoms with van der Waals surface area (Å²) in [6, 6.07) is 11.2. The number of rotatable bonds is 4. The van der Waals surface area contributed by atoms with Gasteiger partial charge in [0.25, 0.3) is 11.8 Å². The minimum absolute atomic E-state index is 0.0177. The van der Waals surface area contributed by atoms with E-state index in [1.165, 1.54) is 17.8 Å². The number of amides is 2. The number of aromatic nitrogens is 1. The van der Waals surface area contributed by atoms with E-state index in [9.17, 15) is 9.59 Å². The quantitative estimate of drug-likeness (QED) is 0.653. The molecule has 3 heterocycles. The van der Waals surface area contributed by atoms with Crippen molar-refractivity contribution in [1.82, 2.24) is 9.88 Å². The lowest BCUT2D eigenvalue weighted by Crippen LogP contribution is -2.36. The van der Waals surface area contributed by atoms with Crippen molar-refractivity contribution in [3.8, 4) is 9.88 Å². The minimum atomic E-state index is -0.225. The van der Waals surface area contributed by atoms with Gasteiger partial charge in [-0.05, 0) is 49.8 Å². The van der Waals surface area contributed by atoms with Crippen LogP contribution < -0.4 is 5.32 Å². The van der Waals surface area contributed by atoms with Gasteiger partial charge in [0.15, 0.2) is 0 Å². The Morgan fingerprint density at radius 3 is 2.61 bits per heavy atom. The molecule has 0 spiro atoms. The third kappa shape index (κ3) is 3.86. The molecule has 1 fully saturated rings. The first-order valence-corrected chi connectivity index (χ1v) is 11.0. The van der Waals surface area contributed by atoms with Crippen molar-refractivity contribution < 1.29 is 9.59 Å². The number of thiazole rings is 1. The zero-order valence-corrected chi connectivity index (χ0v) is 17.2. The molecule has 5 nitrogen and oxygen atoms in total. The number of hydrogen-bond acceptors (Lipinski definition) is 5. The summed E-state index contributed by atoms with van der Waals surface area (Å²) < 4.78 is 0. The van der Waals surface area contributed by atoms with Gasteiger partial charge in [-0.15, -0.1) is 22.7 Å². The first-order valence-electron chi connectivity index (χ1n) is 9.34. The SMILES string of the molecule is Cc1nc(-c2cccs2)sc1C(=O)Nc1ccccc1C(=O)N1CCCCC1. The third-order valence-corrected chi connectivity index (χ3v) is 6.98. The lowest BCUT2D eigenvalue weighted by molar-refractivity contribution is 0.0725. The van der Waals surface area contributed by atoms with E-state index in [2.05, 4.69) is 10.3 Å². The molecule has 0 bridgehead atoms. The van der Waals surface area contributed by atoms with Crippen LogP contribution in [0, 0.1) is 6.92 Å². The Bertz CT molecular complexity index is 989. The molecular formula is C21H21N3O2S2. The lowest BCUT2D eigenvalue weighted by atomic mass is 10.1. The Kier molecular flexibility index (Phi) is 5.54. The van der Waals surface area contributed by atoms with Gasteiger partial charge in [-0.25, -0.2) is 4.98 Å². The van der Waals surface area contributed by atoms with Gasteiger partial charge in [-0.2, -0.15) is 0 Å². The fourth-order valence-electron chi connectivity index (χ4n) is 3.34. The topological polar surface area (TPSA) is 62.3 Å². The number of hydrogen-bond donors (Lipinski definition) is 1. The number of carbonyl (C=O) groups is 2. The van der Waals surface area contributed by atoms with Crippen LogP contribution in [-0.4, -0.2) is 34.8 Å². The van der Waals surface area contributed by atoms with Crippen LogP contribution in [0.3, 0.4) is 0 Å². The highest BCUT2D eigenvalue weighted by Gasteiger charge is 2.23. The Morgan fingerprint density at radius 1 is 1.07 bits per heavy atom. The average Bonchev–Trinajstić information content (AvgIpc) is 3.38. The largest absolute Gasteiger partial charge is 0.339 e. The molecule has 0 radical (unpaired) electrons. The number of benzene rings is 1. The second kappa shape index (κ2) is 8.24. The maximum Gasteiger partial charge on any atom is 0.267 e. The van der Waals surface area contributed by atoms with E-state index < -0.39 is 0 Å². The van der Waals surface area contributed by atoms with Gasteiger partial charge < -0.3 is 10.2 Å². The van der Waals surface area contributed by atoms with Crippen molar-refractivity contribution in [2.45, 2.75) is 26.2 Å². The van der Waals surface area contributed by atoms with Gasteiger partial charge in [0.1, 0.15) is 9.88 Å². The van der Waals surface area contributed by atoms with Gasteiger partial charge >= 0.3 is 0 Å². The van der Waals surface area contributed by atoms with Gasteiger partial charge in [0, 0.05) is 13.1 Å². The van der Waals surface area contributed by atoms with Gasteiger partial charge in [-0.1, -0.05) is 18.2 Å². The van der Waals surface area contributed by atoms with E-state index in [0.29, 0.717) is 21.8 Å². The van der Waals surface area contributed by atoms with Crippen molar-refractivity contribution in [1.29, 1.82) is 0 Å². The number of piperidine rings is 1. The molecule has 1 saturated heterocycles. The second-order valence-corrected chi connectivity index (χ2v) is 8.71. The van der Waals surface area contributed by atoms with Gasteiger partial charge in [0.05, 0.1) is 21.8 Å². The molecule has 144 valence electrons. The van der Waals surface area contributed by atoms with Crippen LogP contribution in [0.4, 0.5) is 5.69 Å². The van der Waals surface area contributed by atoms with Crippen LogP contribution >= 0.6 is 22.7 Å². The highest BCUT2D eigenvalue weighted by atomic mass is 32.1. The maximum absolute atomic E-state index is 12.9. The fourth-order valence-corrected chi connectivity index (χ4v) is 5.10. The van der Waals surface area contributed by atoms with E-state index in [1.807, 2.05) is 41.5 Å². The predicted octanol–water partition coefficient (Wildman–Crippen LogP) is 5.06. The zero-order chi connectivity index (χ0) is 19.5. The van der Waals surface area contributed by atoms with E-state index in [-0.39, 0.29) is 11.8 Å². The molecular weight excluding hydrogens is 390 g/mol. The summed E-state index contributed by atoms with van der Waals surface area (Å²) in [6.45, 7) is 3.39. The summed E-state index contributed by atoms with van der Waals surface area (Å²) in [5.74, 6) is -0.243. The highest BCUT2D eigenvalue weighted by molar-refractivity contribution is 7.22. The molecule has 0 saturated carbocycles. The standard InChI is InChI=1S/C21H21N3O2S2/c1-14-18(28-20(22-14)17-10-7-13-27-17)19(25)23-16-9-4-3-8-15(16)21(26)24-11-5-2-6-12-24/h3-4,7-10,13H,2,5-6,11-12H2,1H3,(H,23,25). The zero-order valence-electron chi connectivity index (χ0n) is 15.6. The summed E-state index contributed by atoms with van der Waals surface area (Å²) in [5, 5.41) is 5.77. The van der Waals surface area contributed by atoms with Crippen LogP contribution in [0.25, 0.3) is 9.88 Å². The Labute approximate surface area is 172 Å². The molecule has 4 rings (SSSR count). The van der Waals surface area contributed by atoms with E-state index >= 15 is 0 Å². The number of thiophene rings is 1. The number of nitrogens with one attached hydrogen (secondary N) is 1. The molecule has 28 heavy (non-hydrogen) atoms. The number of likely N-dealkylation sites (tertiary alicyclic amines) is 1. The Morgan fingerprint density at radius 2 is 1.86 bits per heavy atom. The molecule has 7 heteroatoms. The predicted molar refractivity (Wildman–Crippen MR) is 114 cm³/mol. The number of para-hydroxylation sites is 1. The maximum atomic E-state index is 12.9. The van der Waals surface area contributed by atoms with Crippen molar-refractivity contribution in [3.63, 3.8) is 0 Å². The lowest BCUT2D eigenvalue weighted by Gasteiger charge is -2.27. The molecule has 1 aromatic carbocycles. The van der Waals surface area contributed by atoms with E-state index in [0.717, 1.165) is 35.8 Å². The van der Waals surface area contributed by atoms with Gasteiger partial charge in [0.2, 0.25) is 0 Å². The van der Waals surface area contributed by atoms with Crippen molar-refractivity contribution in [2.24, 2.45) is 0 Å². The molecule has 0 atom stereocenters. The summed E-state index contributed by atoms with van der Waals surface area (Å²) in [4.78, 5) is 33.9. The van der Waals surface area contributed by atoms with E-state index in [1.54, 1.807) is 23.5 Å². The van der Waals surface area contributed by atoms with Crippen LogP contribution in [0.15, 0.2) is 41.8 Å². The fraction of sp³-hybridized carbons (Fsp3) is 0.286. The normalized spacial score (nSPS) is 14.1. The number of anilines is 1. The number of carbonyl (C=O) groups excluding carboxylic acids is 2. The van der Waals surface area contributed by atoms with E-state index in [4.69, 9.17) is 0 Å². The molecule has 2 amide bonds. The smallest absolute Gasteiger partial charge is 0.267 e. The highest BCUT2D eigenvalue weighted by Crippen LogP contribution is 2.31. The first kappa shape index (κ1) is 18.8. The molecule has 0 unspecified atom stereocenters. The summed E-state index contributed by atoms with van der Waals surface area (Å²) >= 11 is 2.98. The van der Waals surface area contributed by atoms with Gasteiger partial charge in [-0.3, -0.25) is 9.59 Å². The molecule has 2 aromatic heterocycles. The number of nitrogens with zero attached hydrogens (tertiary/aromatic N) is 2. The molecule has 3 aromatic rings. The summed E-state index contributed by atoms with van der Waals surface area (Å²) in [7, 11) is 0. The monoisotopic (exact) mass is 411 g/mol. The molecule has 1 N–H and O–H groups in total. The summed E-state index contributed by atoms with van der Waals surface area (Å²) in [6.07, 6.45) is 3.23. The minimum Gasteiger partial charge on any atom is -0.339 e. The Balaban J connectivity index is 1.56. The average molecular weight is 412 g/mol. The summed E-state index contributed by atoms with van der Waals surface area (Å²) in [5.41, 5.74) is 1.79. The van der Waals surface area contributed by atoms with Crippen LogP contribution in [0.1, 0.15) is 45.0 Å². The number of aryl methyl sites for hydroxylation is 1. The van der Waals surface area contributed by atoms with Crippen LogP contribution in [0.5, 0.6) is 0 Å². The Hall–Kier alpha value is -2.51. The third-order valence-electron chi connectivity index (χ3n) is 4.78. The van der Waals surface area contributed by atoms with Crippen LogP contribution in [-0.2, 0) is 0 Å².